The van der Waals surface area contributed by atoms with Crippen LogP contribution in [0.5, 0.6) is 0 Å². The van der Waals surface area contributed by atoms with Crippen molar-refractivity contribution >= 4 is 35.3 Å². The van der Waals surface area contributed by atoms with Crippen molar-refractivity contribution in [2.24, 2.45) is 11.3 Å². The van der Waals surface area contributed by atoms with Crippen molar-refractivity contribution in [3.8, 4) is 0 Å². The smallest absolute Gasteiger partial charge is 0.289 e. The van der Waals surface area contributed by atoms with E-state index in [-0.39, 0.29) is 36.1 Å². The molecule has 3 aliphatic rings. The average molecular weight is 611 g/mol. The highest BCUT2D eigenvalue weighted by atomic mass is 16.2. The number of pyridine rings is 1. The predicted octanol–water partition coefficient (Wildman–Crippen LogP) is 1.63. The third-order valence-electron chi connectivity index (χ3n) is 8.72. The Kier molecular flexibility index (Phi) is 10.7. The van der Waals surface area contributed by atoms with Gasteiger partial charge in [-0.05, 0) is 62.0 Å². The van der Waals surface area contributed by atoms with Crippen molar-refractivity contribution in [1.29, 1.82) is 0 Å². The van der Waals surface area contributed by atoms with Gasteiger partial charge in [-0.15, -0.1) is 0 Å². The number of fused-ring (bicyclic) bond motifs is 1. The lowest BCUT2D eigenvalue weighted by molar-refractivity contribution is -0.147. The molecular formula is C32H46N6O6. The second-order valence-corrected chi connectivity index (χ2v) is 13.3. The summed E-state index contributed by atoms with van der Waals surface area (Å²) in [7, 11) is 0. The molecular weight excluding hydrogens is 564 g/mol. The maximum Gasteiger partial charge on any atom is 0.289 e. The van der Waals surface area contributed by atoms with Gasteiger partial charge in [0.05, 0.1) is 12.6 Å². The van der Waals surface area contributed by atoms with E-state index in [2.05, 4.69) is 26.3 Å². The van der Waals surface area contributed by atoms with Crippen LogP contribution < -0.4 is 21.3 Å². The van der Waals surface area contributed by atoms with E-state index in [0.29, 0.717) is 19.3 Å². The molecule has 0 spiro atoms. The Hall–Kier alpha value is -3.83. The molecule has 44 heavy (non-hydrogen) atoms. The summed E-state index contributed by atoms with van der Waals surface area (Å²) in [4.78, 5) is 84.7. The van der Waals surface area contributed by atoms with Gasteiger partial charge in [-0.2, -0.15) is 0 Å². The van der Waals surface area contributed by atoms with Crippen LogP contribution in [0.15, 0.2) is 24.4 Å². The van der Waals surface area contributed by atoms with Crippen LogP contribution in [0.25, 0.3) is 0 Å². The predicted molar refractivity (Wildman–Crippen MR) is 162 cm³/mol. The molecule has 0 aromatic carbocycles. The fourth-order valence-electron chi connectivity index (χ4n) is 6.24. The van der Waals surface area contributed by atoms with Gasteiger partial charge in [0, 0.05) is 18.3 Å². The second kappa shape index (κ2) is 14.3. The van der Waals surface area contributed by atoms with Crippen molar-refractivity contribution in [1.82, 2.24) is 31.2 Å². The first-order chi connectivity index (χ1) is 20.9. The zero-order chi connectivity index (χ0) is 32.0. The molecule has 1 aromatic rings. The third kappa shape index (κ3) is 8.21. The minimum absolute atomic E-state index is 0.0170. The number of ketones is 1. The van der Waals surface area contributed by atoms with Crippen molar-refractivity contribution in [3.05, 3.63) is 30.1 Å². The van der Waals surface area contributed by atoms with Gasteiger partial charge in [0.25, 0.3) is 11.8 Å². The lowest BCUT2D eigenvalue weighted by Crippen LogP contribution is -2.61. The number of carbonyl (C=O) groups excluding carboxylic acids is 6. The van der Waals surface area contributed by atoms with Crippen LogP contribution in [-0.4, -0.2) is 82.0 Å². The third-order valence-corrected chi connectivity index (χ3v) is 8.72. The van der Waals surface area contributed by atoms with Crippen molar-refractivity contribution in [2.45, 2.75) is 116 Å². The number of amides is 5. The summed E-state index contributed by atoms with van der Waals surface area (Å²) in [5.74, 6) is -3.13. The zero-order valence-corrected chi connectivity index (χ0v) is 26.2. The van der Waals surface area contributed by atoms with Crippen molar-refractivity contribution in [3.63, 3.8) is 0 Å². The van der Waals surface area contributed by atoms with Gasteiger partial charge in [0.2, 0.25) is 23.5 Å². The quantitative estimate of drug-likeness (QED) is 0.261. The monoisotopic (exact) mass is 610 g/mol. The van der Waals surface area contributed by atoms with E-state index in [1.54, 1.807) is 17.0 Å². The Morgan fingerprint density at radius 3 is 2.36 bits per heavy atom. The maximum absolute atomic E-state index is 14.3. The number of likely N-dealkylation sites (tertiary alicyclic amines) is 1. The van der Waals surface area contributed by atoms with Gasteiger partial charge in [0.1, 0.15) is 17.8 Å². The molecule has 4 rings (SSSR count). The number of carbonyl (C=O) groups is 6. The second-order valence-electron chi connectivity index (χ2n) is 13.3. The highest BCUT2D eigenvalue weighted by molar-refractivity contribution is 6.38. The van der Waals surface area contributed by atoms with E-state index in [1.807, 2.05) is 27.7 Å². The minimum atomic E-state index is -0.980. The summed E-state index contributed by atoms with van der Waals surface area (Å²) >= 11 is 0. The Balaban J connectivity index is 1.49. The fourth-order valence-corrected chi connectivity index (χ4v) is 6.24. The SMILES string of the molecule is CCC[C@H](NC(=O)[C@@H]1C[C@@H]2CCCC[C@@H]2N1C(=O)[C@@H](NC(=O)CNC(=O)c1ccccn1)C(C)(C)C)C(=O)C(=O)NC1CC1. The molecule has 1 saturated heterocycles. The number of hydrogen-bond donors (Lipinski definition) is 4. The van der Waals surface area contributed by atoms with E-state index in [9.17, 15) is 28.8 Å². The lowest BCUT2D eigenvalue weighted by Gasteiger charge is -2.39. The highest BCUT2D eigenvalue weighted by Gasteiger charge is 2.51. The first-order valence-corrected chi connectivity index (χ1v) is 15.9. The topological polar surface area (TPSA) is 167 Å². The summed E-state index contributed by atoms with van der Waals surface area (Å²) < 4.78 is 0. The Morgan fingerprint density at radius 2 is 1.73 bits per heavy atom. The first-order valence-electron chi connectivity index (χ1n) is 15.9. The molecule has 12 nitrogen and oxygen atoms in total. The van der Waals surface area contributed by atoms with Gasteiger partial charge in [-0.25, -0.2) is 0 Å². The fraction of sp³-hybridized carbons (Fsp3) is 0.656. The Morgan fingerprint density at radius 1 is 1.00 bits per heavy atom. The molecule has 4 N–H and O–H groups in total. The molecule has 2 aliphatic carbocycles. The highest BCUT2D eigenvalue weighted by Crippen LogP contribution is 2.41. The van der Waals surface area contributed by atoms with Crippen LogP contribution in [0.3, 0.4) is 0 Å². The van der Waals surface area contributed by atoms with Crippen LogP contribution in [0.4, 0.5) is 0 Å². The molecule has 2 saturated carbocycles. The van der Waals surface area contributed by atoms with Crippen LogP contribution in [0.1, 0.15) is 96.0 Å². The summed E-state index contributed by atoms with van der Waals surface area (Å²) in [6.45, 7) is 7.02. The summed E-state index contributed by atoms with van der Waals surface area (Å²) in [6.07, 6.45) is 8.05. The molecule has 5 atom stereocenters. The van der Waals surface area contributed by atoms with Gasteiger partial charge in [0.15, 0.2) is 0 Å². The standard InChI is InChI=1S/C32H46N6O6/c1-5-10-21(26(40)30(43)35-20-14-15-20)36-29(42)24-17-19-11-6-7-13-23(19)38(24)31(44)27(32(2,3)4)37-25(39)18-34-28(41)22-12-8-9-16-33-22/h8-9,12,16,19-21,23-24,27H,5-7,10-11,13-15,17-18H2,1-4H3,(H,34,41)(H,35,43)(H,36,42)(H,37,39)/t19-,21-,23-,24-,27+/m0/s1. The average Bonchev–Trinajstić information content (AvgIpc) is 3.73. The number of rotatable bonds is 12. The van der Waals surface area contributed by atoms with Gasteiger partial charge in [-0.3, -0.25) is 33.8 Å². The van der Waals surface area contributed by atoms with Crippen molar-refractivity contribution in [2.75, 3.05) is 6.54 Å². The largest absolute Gasteiger partial charge is 0.347 e. The van der Waals surface area contributed by atoms with Crippen LogP contribution in [0.2, 0.25) is 0 Å². The van der Waals surface area contributed by atoms with Crippen LogP contribution in [0, 0.1) is 11.3 Å². The molecule has 0 unspecified atom stereocenters. The summed E-state index contributed by atoms with van der Waals surface area (Å²) in [5, 5.41) is 10.9. The molecule has 5 amide bonds. The van der Waals surface area contributed by atoms with E-state index in [1.165, 1.54) is 12.3 Å². The van der Waals surface area contributed by atoms with Crippen LogP contribution in [-0.2, 0) is 24.0 Å². The van der Waals surface area contributed by atoms with Crippen LogP contribution >= 0.6 is 0 Å². The van der Waals surface area contributed by atoms with Gasteiger partial charge < -0.3 is 26.2 Å². The molecule has 2 heterocycles. The number of Topliss-reactive ketones (excluding diaryl/α,β-unsaturated/α-hetero) is 1. The number of hydrogen-bond acceptors (Lipinski definition) is 7. The summed E-state index contributed by atoms with van der Waals surface area (Å²) in [5.41, 5.74) is -0.546. The minimum Gasteiger partial charge on any atom is -0.347 e. The molecule has 0 radical (unpaired) electrons. The molecule has 0 bridgehead atoms. The molecule has 12 heteroatoms. The number of nitrogens with zero attached hydrogens (tertiary/aromatic N) is 2. The van der Waals surface area contributed by atoms with Gasteiger partial charge >= 0.3 is 0 Å². The van der Waals surface area contributed by atoms with E-state index in [0.717, 1.165) is 38.5 Å². The molecule has 240 valence electrons. The zero-order valence-electron chi connectivity index (χ0n) is 26.2. The molecule has 1 aromatic heterocycles. The Bertz CT molecular complexity index is 1240. The normalized spacial score (nSPS) is 22.6. The molecule has 1 aliphatic heterocycles. The molecule has 3 fully saturated rings. The number of nitrogens with one attached hydrogen (secondary N) is 4. The van der Waals surface area contributed by atoms with E-state index in [4.69, 9.17) is 0 Å². The van der Waals surface area contributed by atoms with Crippen molar-refractivity contribution < 1.29 is 28.8 Å². The van der Waals surface area contributed by atoms with E-state index < -0.39 is 53.0 Å². The Labute approximate surface area is 258 Å². The summed E-state index contributed by atoms with van der Waals surface area (Å²) in [6, 6.07) is 1.94. The lowest BCUT2D eigenvalue weighted by atomic mass is 9.83. The van der Waals surface area contributed by atoms with Gasteiger partial charge in [-0.1, -0.05) is 53.0 Å². The first kappa shape index (κ1) is 33.1. The maximum atomic E-state index is 14.3. The number of aromatic nitrogens is 1. The van der Waals surface area contributed by atoms with E-state index >= 15 is 0 Å².